The molecule has 0 unspecified atom stereocenters. The summed E-state index contributed by atoms with van der Waals surface area (Å²) in [5, 5.41) is 18.0. The number of rotatable bonds is 3. The summed E-state index contributed by atoms with van der Waals surface area (Å²) in [6, 6.07) is 8.71. The number of anilines is 1. The van der Waals surface area contributed by atoms with Gasteiger partial charge in [0, 0.05) is 13.0 Å². The predicted molar refractivity (Wildman–Crippen MR) is 126 cm³/mol. The Morgan fingerprint density at radius 3 is 2.07 bits per heavy atom. The van der Waals surface area contributed by atoms with Crippen molar-refractivity contribution < 1.29 is 5.11 Å². The Morgan fingerprint density at radius 1 is 0.900 bits per heavy atom. The number of nitrogens with zero attached hydrogens (tertiary/aromatic N) is 3. The number of allylic oxidation sites excluding steroid dienone is 1. The smallest absolute Gasteiger partial charge is 0.178 e. The van der Waals surface area contributed by atoms with Crippen molar-refractivity contribution in [2.75, 3.05) is 11.6 Å². The summed E-state index contributed by atoms with van der Waals surface area (Å²) >= 11 is 0. The van der Waals surface area contributed by atoms with Crippen LogP contribution in [0.4, 0.5) is 5.69 Å². The number of aryl methyl sites for hydroxylation is 6. The van der Waals surface area contributed by atoms with Gasteiger partial charge in [-0.2, -0.15) is 5.10 Å². The summed E-state index contributed by atoms with van der Waals surface area (Å²) in [5.41, 5.74) is 9.47. The Labute approximate surface area is 179 Å². The molecule has 0 aromatic heterocycles. The van der Waals surface area contributed by atoms with Crippen LogP contribution in [0.2, 0.25) is 0 Å². The molecule has 2 aliphatic rings. The van der Waals surface area contributed by atoms with Crippen LogP contribution in [0, 0.1) is 41.5 Å². The van der Waals surface area contributed by atoms with Gasteiger partial charge in [-0.15, -0.1) is 0 Å². The molecule has 0 saturated carbocycles. The zero-order valence-corrected chi connectivity index (χ0v) is 18.9. The van der Waals surface area contributed by atoms with Gasteiger partial charge in [-0.1, -0.05) is 41.5 Å². The minimum Gasteiger partial charge on any atom is -0.504 e. The van der Waals surface area contributed by atoms with Crippen LogP contribution in [-0.4, -0.2) is 22.4 Å². The van der Waals surface area contributed by atoms with Crippen LogP contribution in [0.15, 0.2) is 47.0 Å². The standard InChI is InChI=1S/C26H31N3O/c1-16-12-18(3)22(19(4)13-16)9-10-23(30)26-28-11-7-8-24(28)27-29(26)25-20(5)14-17(2)15-21(25)6/h9-10,12-15,30H,7-8,11H2,1-6H3/b10-9+,26-23+. The van der Waals surface area contributed by atoms with Gasteiger partial charge in [-0.05, 0) is 81.9 Å². The van der Waals surface area contributed by atoms with Crippen molar-refractivity contribution in [3.05, 3.63) is 80.9 Å². The average Bonchev–Trinajstić information content (AvgIpc) is 3.20. The quantitative estimate of drug-likeness (QED) is 0.622. The van der Waals surface area contributed by atoms with E-state index >= 15 is 0 Å². The first kappa shape index (κ1) is 20.3. The fourth-order valence-corrected chi connectivity index (χ4v) is 4.87. The second-order valence-corrected chi connectivity index (χ2v) is 8.69. The van der Waals surface area contributed by atoms with E-state index in [9.17, 15) is 5.11 Å². The topological polar surface area (TPSA) is 39.1 Å². The highest BCUT2D eigenvalue weighted by atomic mass is 16.3. The van der Waals surface area contributed by atoms with E-state index in [4.69, 9.17) is 5.10 Å². The SMILES string of the molecule is Cc1cc(C)c(/C=C/C(O)=C2/N3CCCC3=NN2c2c(C)cc(C)cc2C)c(C)c1. The average molecular weight is 402 g/mol. The summed E-state index contributed by atoms with van der Waals surface area (Å²) in [6.45, 7) is 13.6. The van der Waals surface area contributed by atoms with Crippen molar-refractivity contribution in [1.29, 1.82) is 0 Å². The first-order valence-corrected chi connectivity index (χ1v) is 10.7. The molecule has 1 N–H and O–H groups in total. The lowest BCUT2D eigenvalue weighted by atomic mass is 9.99. The molecular weight excluding hydrogens is 370 g/mol. The van der Waals surface area contributed by atoms with E-state index in [0.717, 1.165) is 53.4 Å². The van der Waals surface area contributed by atoms with Crippen molar-refractivity contribution in [2.24, 2.45) is 5.10 Å². The van der Waals surface area contributed by atoms with Gasteiger partial charge >= 0.3 is 0 Å². The largest absolute Gasteiger partial charge is 0.504 e. The molecule has 4 heteroatoms. The maximum Gasteiger partial charge on any atom is 0.178 e. The maximum atomic E-state index is 11.2. The number of hydrazone groups is 1. The van der Waals surface area contributed by atoms with Crippen LogP contribution in [0.1, 0.15) is 51.8 Å². The van der Waals surface area contributed by atoms with Crippen molar-refractivity contribution in [1.82, 2.24) is 4.90 Å². The van der Waals surface area contributed by atoms with E-state index < -0.39 is 0 Å². The van der Waals surface area contributed by atoms with Gasteiger partial charge in [-0.25, -0.2) is 5.01 Å². The molecule has 0 radical (unpaired) electrons. The van der Waals surface area contributed by atoms with Crippen LogP contribution in [0.5, 0.6) is 0 Å². The second kappa shape index (κ2) is 7.67. The van der Waals surface area contributed by atoms with E-state index in [1.165, 1.54) is 22.3 Å². The van der Waals surface area contributed by atoms with Gasteiger partial charge in [0.25, 0.3) is 0 Å². The summed E-state index contributed by atoms with van der Waals surface area (Å²) < 4.78 is 0. The lowest BCUT2D eigenvalue weighted by Gasteiger charge is -2.25. The minimum absolute atomic E-state index is 0.245. The highest BCUT2D eigenvalue weighted by Crippen LogP contribution is 2.38. The van der Waals surface area contributed by atoms with E-state index in [2.05, 4.69) is 70.7 Å². The number of amidine groups is 1. The molecule has 0 bridgehead atoms. The Hall–Kier alpha value is -3.01. The van der Waals surface area contributed by atoms with E-state index in [1.54, 1.807) is 0 Å². The molecule has 1 saturated heterocycles. The van der Waals surface area contributed by atoms with Gasteiger partial charge in [0.2, 0.25) is 0 Å². The first-order valence-electron chi connectivity index (χ1n) is 10.7. The molecule has 4 rings (SSSR count). The number of benzene rings is 2. The normalized spacial score (nSPS) is 17.7. The molecule has 1 fully saturated rings. The molecule has 4 nitrogen and oxygen atoms in total. The molecule has 2 aromatic rings. The molecule has 2 aromatic carbocycles. The van der Waals surface area contributed by atoms with Crippen LogP contribution in [-0.2, 0) is 0 Å². The molecule has 30 heavy (non-hydrogen) atoms. The molecule has 0 spiro atoms. The van der Waals surface area contributed by atoms with Gasteiger partial charge < -0.3 is 10.0 Å². The second-order valence-electron chi connectivity index (χ2n) is 8.69. The third-order valence-electron chi connectivity index (χ3n) is 5.99. The van der Waals surface area contributed by atoms with E-state index in [-0.39, 0.29) is 5.76 Å². The molecule has 0 atom stereocenters. The summed E-state index contributed by atoms with van der Waals surface area (Å²) in [6.07, 6.45) is 5.85. The predicted octanol–water partition coefficient (Wildman–Crippen LogP) is 6.21. The highest BCUT2D eigenvalue weighted by Gasteiger charge is 2.36. The minimum atomic E-state index is 0.245. The number of hydrogen-bond acceptors (Lipinski definition) is 4. The van der Waals surface area contributed by atoms with Gasteiger partial charge in [-0.3, -0.25) is 0 Å². The zero-order chi connectivity index (χ0) is 21.6. The lowest BCUT2D eigenvalue weighted by molar-refractivity contribution is 0.398. The fourth-order valence-electron chi connectivity index (χ4n) is 4.87. The summed E-state index contributed by atoms with van der Waals surface area (Å²) in [4.78, 5) is 2.16. The third kappa shape index (κ3) is 3.51. The molecule has 0 aliphatic carbocycles. The summed E-state index contributed by atoms with van der Waals surface area (Å²) in [5.74, 6) is 2.04. The zero-order valence-electron chi connectivity index (χ0n) is 18.9. The van der Waals surface area contributed by atoms with Crippen molar-refractivity contribution in [3.63, 3.8) is 0 Å². The molecule has 0 amide bonds. The molecular formula is C26H31N3O. The van der Waals surface area contributed by atoms with Gasteiger partial charge in [0.05, 0.1) is 5.69 Å². The monoisotopic (exact) mass is 401 g/mol. The number of fused-ring (bicyclic) bond motifs is 1. The Bertz CT molecular complexity index is 1060. The lowest BCUT2D eigenvalue weighted by Crippen LogP contribution is -2.27. The Morgan fingerprint density at radius 2 is 1.47 bits per heavy atom. The fraction of sp³-hybridized carbons (Fsp3) is 0.346. The molecule has 2 heterocycles. The van der Waals surface area contributed by atoms with Crippen LogP contribution in [0.25, 0.3) is 6.08 Å². The van der Waals surface area contributed by atoms with Crippen molar-refractivity contribution in [2.45, 2.75) is 54.4 Å². The van der Waals surface area contributed by atoms with Crippen LogP contribution < -0.4 is 5.01 Å². The van der Waals surface area contributed by atoms with Crippen LogP contribution in [0.3, 0.4) is 0 Å². The van der Waals surface area contributed by atoms with E-state index in [0.29, 0.717) is 0 Å². The molecule has 2 aliphatic heterocycles. The maximum absolute atomic E-state index is 11.2. The molecule has 156 valence electrons. The number of aliphatic hydroxyl groups is 1. The van der Waals surface area contributed by atoms with Crippen LogP contribution >= 0.6 is 0 Å². The summed E-state index contributed by atoms with van der Waals surface area (Å²) in [7, 11) is 0. The van der Waals surface area contributed by atoms with Crippen molar-refractivity contribution >= 4 is 17.6 Å². The Balaban J connectivity index is 1.80. The van der Waals surface area contributed by atoms with Gasteiger partial charge in [0.1, 0.15) is 5.84 Å². The number of aliphatic hydroxyl groups excluding tert-OH is 1. The van der Waals surface area contributed by atoms with E-state index in [1.807, 2.05) is 17.2 Å². The number of hydrogen-bond donors (Lipinski definition) is 1. The first-order chi connectivity index (χ1) is 14.3. The van der Waals surface area contributed by atoms with Crippen molar-refractivity contribution in [3.8, 4) is 0 Å². The van der Waals surface area contributed by atoms with Gasteiger partial charge in [0.15, 0.2) is 11.6 Å². The highest BCUT2D eigenvalue weighted by molar-refractivity contribution is 5.91. The third-order valence-corrected chi connectivity index (χ3v) is 5.99. The Kier molecular flexibility index (Phi) is 5.19.